The number of esters is 1. The summed E-state index contributed by atoms with van der Waals surface area (Å²) in [6.07, 6.45) is -0.726. The van der Waals surface area contributed by atoms with Gasteiger partial charge >= 0.3 is 12.0 Å². The van der Waals surface area contributed by atoms with Gasteiger partial charge in [-0.2, -0.15) is 5.26 Å². The molecule has 3 amide bonds. The maximum absolute atomic E-state index is 14.8. The standard InChI is InChI=1S/C23H23FN6O5S/c1-4-34-21(32)16-14(35-18(26)12(9-25)15(16)11-7-5-6-8-13(11)24)10-36-22-27-17-19(28-22)29(2)23(33)30(3)20(17)31/h5-8,15,17,19H,4,10,26H2,1-3H3,(H,27,28)/t15-,17-,19+/m0/s1. The number of halogens is 1. The first kappa shape index (κ1) is 25.1. The number of imide groups is 1. The Labute approximate surface area is 210 Å². The van der Waals surface area contributed by atoms with Crippen molar-refractivity contribution in [1.82, 2.24) is 15.1 Å². The van der Waals surface area contributed by atoms with Crippen molar-refractivity contribution in [3.05, 3.63) is 58.4 Å². The van der Waals surface area contributed by atoms with Crippen LogP contribution in [-0.4, -0.2) is 71.5 Å². The van der Waals surface area contributed by atoms with E-state index in [-0.39, 0.29) is 40.7 Å². The molecule has 3 N–H and O–H groups in total. The summed E-state index contributed by atoms with van der Waals surface area (Å²) in [7, 11) is 2.93. The van der Waals surface area contributed by atoms with Crippen molar-refractivity contribution in [2.75, 3.05) is 26.5 Å². The number of amidine groups is 1. The van der Waals surface area contributed by atoms with Gasteiger partial charge in [-0.1, -0.05) is 30.0 Å². The third-order valence-corrected chi connectivity index (χ3v) is 6.86. The topological polar surface area (TPSA) is 150 Å². The summed E-state index contributed by atoms with van der Waals surface area (Å²) < 4.78 is 25.7. The lowest BCUT2D eigenvalue weighted by Gasteiger charge is -2.36. The van der Waals surface area contributed by atoms with Crippen LogP contribution in [0.3, 0.4) is 0 Å². The molecule has 3 heterocycles. The van der Waals surface area contributed by atoms with Gasteiger partial charge in [-0.05, 0) is 13.0 Å². The minimum absolute atomic E-state index is 0.00846. The lowest BCUT2D eigenvalue weighted by atomic mass is 9.83. The predicted octanol–water partition coefficient (Wildman–Crippen LogP) is 1.36. The van der Waals surface area contributed by atoms with E-state index in [1.165, 1.54) is 30.1 Å². The van der Waals surface area contributed by atoms with Crippen molar-refractivity contribution in [2.24, 2.45) is 10.7 Å². The van der Waals surface area contributed by atoms with E-state index in [0.29, 0.717) is 5.17 Å². The third-order valence-electron chi connectivity index (χ3n) is 5.96. The average molecular weight is 515 g/mol. The highest BCUT2D eigenvalue weighted by molar-refractivity contribution is 8.14. The highest BCUT2D eigenvalue weighted by Gasteiger charge is 2.47. The number of amides is 3. The average Bonchev–Trinajstić information content (AvgIpc) is 3.29. The summed E-state index contributed by atoms with van der Waals surface area (Å²) in [6.45, 7) is 1.66. The number of nitrogens with one attached hydrogen (secondary N) is 1. The van der Waals surface area contributed by atoms with Crippen molar-refractivity contribution < 1.29 is 28.2 Å². The van der Waals surface area contributed by atoms with Crippen molar-refractivity contribution in [1.29, 1.82) is 5.26 Å². The normalized spacial score (nSPS) is 23.6. The van der Waals surface area contributed by atoms with Gasteiger partial charge in [-0.25, -0.2) is 19.0 Å². The van der Waals surface area contributed by atoms with Gasteiger partial charge in [0.2, 0.25) is 5.88 Å². The number of nitrogens with zero attached hydrogens (tertiary/aromatic N) is 4. The highest BCUT2D eigenvalue weighted by atomic mass is 32.2. The monoisotopic (exact) mass is 514 g/mol. The molecular weight excluding hydrogens is 491 g/mol. The molecule has 0 spiro atoms. The molecule has 0 aliphatic carbocycles. The molecular formula is C23H23FN6O5S. The summed E-state index contributed by atoms with van der Waals surface area (Å²) in [6, 6.07) is 6.45. The molecule has 3 atom stereocenters. The number of carbonyl (C=O) groups is 3. The number of carbonyl (C=O) groups excluding carboxylic acids is 3. The number of hydrogen-bond donors (Lipinski definition) is 2. The summed E-state index contributed by atoms with van der Waals surface area (Å²) >= 11 is 1.10. The Hall–Kier alpha value is -4.05. The summed E-state index contributed by atoms with van der Waals surface area (Å²) in [5.74, 6) is -3.17. The van der Waals surface area contributed by atoms with Gasteiger partial charge in [-0.3, -0.25) is 9.69 Å². The molecule has 3 aliphatic rings. The quantitative estimate of drug-likeness (QED) is 0.555. The second-order valence-corrected chi connectivity index (χ2v) is 9.02. The molecule has 3 aliphatic heterocycles. The SMILES string of the molecule is CCOC(=O)C1=C(CSC2=N[C@H]3[C@H](N2)C(=O)N(C)C(=O)N3C)OC(N)=C(C#N)[C@@H]1c1ccccc1F. The predicted molar refractivity (Wildman–Crippen MR) is 127 cm³/mol. The lowest BCUT2D eigenvalue weighted by Crippen LogP contribution is -2.63. The Morgan fingerprint density at radius 3 is 2.75 bits per heavy atom. The Bertz CT molecular complexity index is 1270. The molecule has 0 saturated carbocycles. The summed E-state index contributed by atoms with van der Waals surface area (Å²) in [4.78, 5) is 44.6. The van der Waals surface area contributed by atoms with Crippen LogP contribution in [0.2, 0.25) is 0 Å². The molecule has 1 fully saturated rings. The third kappa shape index (κ3) is 4.24. The smallest absolute Gasteiger partial charge is 0.338 e. The maximum atomic E-state index is 14.8. The van der Waals surface area contributed by atoms with E-state index in [9.17, 15) is 24.0 Å². The van der Waals surface area contributed by atoms with Gasteiger partial charge < -0.3 is 25.4 Å². The fourth-order valence-electron chi connectivity index (χ4n) is 4.18. The number of fused-ring (bicyclic) bond motifs is 1. The number of urea groups is 1. The fraction of sp³-hybridized carbons (Fsp3) is 0.348. The van der Waals surface area contributed by atoms with Crippen LogP contribution < -0.4 is 11.1 Å². The Kier molecular flexibility index (Phi) is 6.89. The summed E-state index contributed by atoms with van der Waals surface area (Å²) in [5.41, 5.74) is 5.91. The molecule has 4 rings (SSSR count). The van der Waals surface area contributed by atoms with Crippen LogP contribution in [0, 0.1) is 17.1 Å². The molecule has 0 bridgehead atoms. The molecule has 0 radical (unpaired) electrons. The van der Waals surface area contributed by atoms with Gasteiger partial charge in [0.05, 0.1) is 23.9 Å². The van der Waals surface area contributed by atoms with Crippen LogP contribution in [0.25, 0.3) is 0 Å². The Balaban J connectivity index is 1.68. The van der Waals surface area contributed by atoms with Crippen molar-refractivity contribution in [2.45, 2.75) is 25.0 Å². The molecule has 13 heteroatoms. The number of hydrogen-bond acceptors (Lipinski definition) is 10. The van der Waals surface area contributed by atoms with Crippen LogP contribution in [0.1, 0.15) is 18.4 Å². The second-order valence-electron chi connectivity index (χ2n) is 8.05. The molecule has 1 aromatic carbocycles. The number of likely N-dealkylation sites (N-methyl/N-ethyl adjacent to an activating group) is 2. The van der Waals surface area contributed by atoms with Crippen molar-refractivity contribution >= 4 is 34.8 Å². The van der Waals surface area contributed by atoms with E-state index in [4.69, 9.17) is 15.2 Å². The largest absolute Gasteiger partial charge is 0.463 e. The van der Waals surface area contributed by atoms with Crippen LogP contribution in [0.5, 0.6) is 0 Å². The van der Waals surface area contributed by atoms with Gasteiger partial charge in [0.25, 0.3) is 5.91 Å². The number of nitrogens with two attached hydrogens (primary N) is 1. The lowest BCUT2D eigenvalue weighted by molar-refractivity contribution is -0.139. The van der Waals surface area contributed by atoms with Gasteiger partial charge in [-0.15, -0.1) is 0 Å². The van der Waals surface area contributed by atoms with Crippen LogP contribution >= 0.6 is 11.8 Å². The minimum atomic E-state index is -1.14. The number of aliphatic imine (C=N–C) groups is 1. The van der Waals surface area contributed by atoms with E-state index in [0.717, 1.165) is 16.7 Å². The molecule has 0 aromatic heterocycles. The maximum Gasteiger partial charge on any atom is 0.338 e. The molecule has 11 nitrogen and oxygen atoms in total. The van der Waals surface area contributed by atoms with E-state index in [2.05, 4.69) is 10.3 Å². The first-order chi connectivity index (χ1) is 17.2. The van der Waals surface area contributed by atoms with E-state index >= 15 is 0 Å². The summed E-state index contributed by atoms with van der Waals surface area (Å²) in [5, 5.41) is 13.1. The fourth-order valence-corrected chi connectivity index (χ4v) is 5.06. The van der Waals surface area contributed by atoms with Crippen LogP contribution in [0.15, 0.2) is 52.0 Å². The van der Waals surface area contributed by atoms with Gasteiger partial charge in [0.15, 0.2) is 11.3 Å². The number of benzene rings is 1. The first-order valence-electron chi connectivity index (χ1n) is 10.9. The van der Waals surface area contributed by atoms with E-state index < -0.39 is 41.9 Å². The minimum Gasteiger partial charge on any atom is -0.463 e. The number of allylic oxidation sites excluding steroid dienone is 1. The molecule has 36 heavy (non-hydrogen) atoms. The van der Waals surface area contributed by atoms with Gasteiger partial charge in [0, 0.05) is 19.7 Å². The Morgan fingerprint density at radius 2 is 2.08 bits per heavy atom. The van der Waals surface area contributed by atoms with Crippen molar-refractivity contribution in [3.63, 3.8) is 0 Å². The molecule has 0 unspecified atom stereocenters. The van der Waals surface area contributed by atoms with Crippen LogP contribution in [-0.2, 0) is 19.1 Å². The highest BCUT2D eigenvalue weighted by Crippen LogP contribution is 2.41. The Morgan fingerprint density at radius 1 is 1.36 bits per heavy atom. The van der Waals surface area contributed by atoms with Crippen LogP contribution in [0.4, 0.5) is 9.18 Å². The zero-order valence-corrected chi connectivity index (χ0v) is 20.5. The first-order valence-corrected chi connectivity index (χ1v) is 11.9. The number of rotatable bonds is 5. The zero-order chi connectivity index (χ0) is 26.1. The van der Waals surface area contributed by atoms with E-state index in [1.54, 1.807) is 20.0 Å². The number of ether oxygens (including phenoxy) is 2. The molecule has 1 aromatic rings. The molecule has 188 valence electrons. The zero-order valence-electron chi connectivity index (χ0n) is 19.6. The van der Waals surface area contributed by atoms with Crippen molar-refractivity contribution in [3.8, 4) is 6.07 Å². The number of nitriles is 1. The molecule has 1 saturated heterocycles. The number of thioether (sulfide) groups is 1. The second kappa shape index (κ2) is 9.90. The van der Waals surface area contributed by atoms with E-state index in [1.807, 2.05) is 6.07 Å². The van der Waals surface area contributed by atoms with Gasteiger partial charge in [0.1, 0.15) is 29.3 Å².